The van der Waals surface area contributed by atoms with Gasteiger partial charge in [-0.2, -0.15) is 0 Å². The van der Waals surface area contributed by atoms with Crippen molar-refractivity contribution in [1.29, 1.82) is 0 Å². The molecule has 4 nitrogen and oxygen atoms in total. The molecule has 2 atom stereocenters. The Balaban J connectivity index is 1.55. The molecule has 2 saturated heterocycles. The van der Waals surface area contributed by atoms with Crippen LogP contribution in [0, 0.1) is 5.82 Å². The Morgan fingerprint density at radius 2 is 1.96 bits per heavy atom. The van der Waals surface area contributed by atoms with E-state index in [1.807, 2.05) is 6.92 Å². The van der Waals surface area contributed by atoms with Crippen molar-refractivity contribution in [3.63, 3.8) is 0 Å². The van der Waals surface area contributed by atoms with Gasteiger partial charge >= 0.3 is 0 Å². The molecular formula is C19H27FN2O2. The van der Waals surface area contributed by atoms with E-state index in [0.717, 1.165) is 45.3 Å². The third kappa shape index (κ3) is 3.72. The van der Waals surface area contributed by atoms with Gasteiger partial charge in [-0.25, -0.2) is 4.39 Å². The summed E-state index contributed by atoms with van der Waals surface area (Å²) < 4.78 is 19.2. The first kappa shape index (κ1) is 17.2. The summed E-state index contributed by atoms with van der Waals surface area (Å²) >= 11 is 0. The lowest BCUT2D eigenvalue weighted by molar-refractivity contribution is -0.132. The van der Waals surface area contributed by atoms with E-state index in [9.17, 15) is 9.18 Å². The number of hydrogen-bond donors (Lipinski definition) is 0. The van der Waals surface area contributed by atoms with E-state index in [0.29, 0.717) is 30.9 Å². The molecule has 132 valence electrons. The second-order valence-corrected chi connectivity index (χ2v) is 6.67. The molecule has 2 unspecified atom stereocenters. The fourth-order valence-corrected chi connectivity index (χ4v) is 4.11. The topological polar surface area (TPSA) is 32.8 Å². The van der Waals surface area contributed by atoms with Crippen LogP contribution in [0.4, 0.5) is 4.39 Å². The van der Waals surface area contributed by atoms with Crippen LogP contribution in [-0.4, -0.2) is 54.0 Å². The number of halogens is 1. The van der Waals surface area contributed by atoms with Gasteiger partial charge in [0, 0.05) is 31.6 Å². The number of amides is 1. The molecule has 0 spiro atoms. The van der Waals surface area contributed by atoms with Crippen molar-refractivity contribution < 1.29 is 13.9 Å². The van der Waals surface area contributed by atoms with E-state index in [1.165, 1.54) is 6.07 Å². The largest absolute Gasteiger partial charge is 0.489 e. The molecule has 5 heteroatoms. The number of hydrogen-bond acceptors (Lipinski definition) is 3. The van der Waals surface area contributed by atoms with E-state index >= 15 is 0 Å². The summed E-state index contributed by atoms with van der Waals surface area (Å²) in [5.41, 5.74) is 0. The van der Waals surface area contributed by atoms with Gasteiger partial charge in [-0.15, -0.1) is 0 Å². The molecule has 1 aromatic carbocycles. The zero-order valence-corrected chi connectivity index (χ0v) is 14.4. The van der Waals surface area contributed by atoms with Crippen LogP contribution in [0.3, 0.4) is 0 Å². The van der Waals surface area contributed by atoms with Gasteiger partial charge in [0.2, 0.25) is 5.91 Å². The molecule has 2 fully saturated rings. The molecule has 0 aliphatic carbocycles. The maximum absolute atomic E-state index is 13.6. The summed E-state index contributed by atoms with van der Waals surface area (Å²) in [5, 5.41) is 0. The highest BCUT2D eigenvalue weighted by Gasteiger charge is 2.38. The number of likely N-dealkylation sites (tertiary alicyclic amines) is 2. The fourth-order valence-electron chi connectivity index (χ4n) is 4.11. The number of rotatable bonds is 6. The molecule has 0 bridgehead atoms. The van der Waals surface area contributed by atoms with Crippen LogP contribution < -0.4 is 4.74 Å². The number of nitrogens with zero attached hydrogens (tertiary/aromatic N) is 2. The van der Waals surface area contributed by atoms with Crippen molar-refractivity contribution in [1.82, 2.24) is 9.80 Å². The standard InChI is InChI=1S/C19H27FN2O2/c1-2-19(23)22-12-6-9-17(22)16-8-5-11-21(16)13-14-24-18-10-4-3-7-15(18)20/h3-4,7,10,16-17H,2,5-6,8-9,11-14H2,1H3. The number of para-hydroxylation sites is 1. The molecule has 3 rings (SSSR count). The van der Waals surface area contributed by atoms with Gasteiger partial charge in [-0.1, -0.05) is 19.1 Å². The average Bonchev–Trinajstić information content (AvgIpc) is 3.24. The first-order valence-corrected chi connectivity index (χ1v) is 9.11. The maximum Gasteiger partial charge on any atom is 0.222 e. The van der Waals surface area contributed by atoms with Crippen LogP contribution in [0.2, 0.25) is 0 Å². The summed E-state index contributed by atoms with van der Waals surface area (Å²) in [5.74, 6) is 0.273. The van der Waals surface area contributed by atoms with Gasteiger partial charge in [-0.05, 0) is 44.4 Å². The molecule has 0 aromatic heterocycles. The number of benzene rings is 1. The smallest absolute Gasteiger partial charge is 0.222 e. The highest BCUT2D eigenvalue weighted by atomic mass is 19.1. The summed E-state index contributed by atoms with van der Waals surface area (Å²) in [7, 11) is 0. The van der Waals surface area contributed by atoms with Crippen molar-refractivity contribution in [3.8, 4) is 5.75 Å². The zero-order chi connectivity index (χ0) is 16.9. The van der Waals surface area contributed by atoms with Gasteiger partial charge in [0.1, 0.15) is 6.61 Å². The minimum Gasteiger partial charge on any atom is -0.489 e. The lowest BCUT2D eigenvalue weighted by Crippen LogP contribution is -2.49. The molecule has 2 aliphatic heterocycles. The summed E-state index contributed by atoms with van der Waals surface area (Å²) in [6.45, 7) is 5.13. The zero-order valence-electron chi connectivity index (χ0n) is 14.4. The van der Waals surface area contributed by atoms with Gasteiger partial charge in [0.15, 0.2) is 11.6 Å². The molecule has 0 saturated carbocycles. The van der Waals surface area contributed by atoms with Gasteiger partial charge in [0.25, 0.3) is 0 Å². The SMILES string of the molecule is CCC(=O)N1CCCC1C1CCCN1CCOc1ccccc1F. The first-order chi connectivity index (χ1) is 11.7. The maximum atomic E-state index is 13.6. The Bertz CT molecular complexity index is 566. The second-order valence-electron chi connectivity index (χ2n) is 6.67. The Kier molecular flexibility index (Phi) is 5.72. The Morgan fingerprint density at radius 3 is 2.75 bits per heavy atom. The van der Waals surface area contributed by atoms with Crippen molar-refractivity contribution >= 4 is 5.91 Å². The minimum atomic E-state index is -0.314. The molecule has 2 heterocycles. The lowest BCUT2D eigenvalue weighted by atomic mass is 10.0. The Hall–Kier alpha value is -1.62. The fraction of sp³-hybridized carbons (Fsp3) is 0.632. The van der Waals surface area contributed by atoms with E-state index < -0.39 is 0 Å². The molecule has 2 aliphatic rings. The molecular weight excluding hydrogens is 307 g/mol. The Labute approximate surface area is 143 Å². The molecule has 0 N–H and O–H groups in total. The van der Waals surface area contributed by atoms with Crippen molar-refractivity contribution in [3.05, 3.63) is 30.1 Å². The van der Waals surface area contributed by atoms with E-state index in [4.69, 9.17) is 4.74 Å². The van der Waals surface area contributed by atoms with Crippen LogP contribution in [0.15, 0.2) is 24.3 Å². The third-order valence-electron chi connectivity index (χ3n) is 5.25. The van der Waals surface area contributed by atoms with Crippen LogP contribution in [0.1, 0.15) is 39.0 Å². The van der Waals surface area contributed by atoms with Crippen molar-refractivity contribution in [2.75, 3.05) is 26.2 Å². The van der Waals surface area contributed by atoms with Crippen LogP contribution in [-0.2, 0) is 4.79 Å². The van der Waals surface area contributed by atoms with Gasteiger partial charge in [0.05, 0.1) is 0 Å². The van der Waals surface area contributed by atoms with Gasteiger partial charge < -0.3 is 9.64 Å². The molecule has 1 amide bonds. The van der Waals surface area contributed by atoms with Crippen LogP contribution >= 0.6 is 0 Å². The van der Waals surface area contributed by atoms with Crippen molar-refractivity contribution in [2.45, 2.75) is 51.1 Å². The highest BCUT2D eigenvalue weighted by molar-refractivity contribution is 5.76. The number of carbonyl (C=O) groups excluding carboxylic acids is 1. The quantitative estimate of drug-likeness (QED) is 0.801. The molecule has 24 heavy (non-hydrogen) atoms. The first-order valence-electron chi connectivity index (χ1n) is 9.11. The normalized spacial score (nSPS) is 24.5. The average molecular weight is 334 g/mol. The molecule has 1 aromatic rings. The number of carbonyl (C=O) groups is 1. The highest BCUT2D eigenvalue weighted by Crippen LogP contribution is 2.30. The van der Waals surface area contributed by atoms with Crippen molar-refractivity contribution in [2.24, 2.45) is 0 Å². The monoisotopic (exact) mass is 334 g/mol. The van der Waals surface area contributed by atoms with Crippen LogP contribution in [0.25, 0.3) is 0 Å². The van der Waals surface area contributed by atoms with Crippen LogP contribution in [0.5, 0.6) is 5.75 Å². The van der Waals surface area contributed by atoms with Gasteiger partial charge in [-0.3, -0.25) is 9.69 Å². The third-order valence-corrected chi connectivity index (χ3v) is 5.25. The predicted octanol–water partition coefficient (Wildman–Crippen LogP) is 3.07. The van der Waals surface area contributed by atoms with E-state index in [1.54, 1.807) is 18.2 Å². The predicted molar refractivity (Wildman–Crippen MR) is 91.5 cm³/mol. The van der Waals surface area contributed by atoms with E-state index in [-0.39, 0.29) is 11.7 Å². The minimum absolute atomic E-state index is 0.270. The summed E-state index contributed by atoms with van der Waals surface area (Å²) in [6.07, 6.45) is 5.08. The molecule has 0 radical (unpaired) electrons. The Morgan fingerprint density at radius 1 is 1.21 bits per heavy atom. The van der Waals surface area contributed by atoms with E-state index in [2.05, 4.69) is 9.80 Å². The lowest BCUT2D eigenvalue weighted by Gasteiger charge is -2.35. The summed E-state index contributed by atoms with van der Waals surface area (Å²) in [6, 6.07) is 7.29. The number of ether oxygens (including phenoxy) is 1. The second kappa shape index (κ2) is 7.97. The summed E-state index contributed by atoms with van der Waals surface area (Å²) in [4.78, 5) is 16.7.